The summed E-state index contributed by atoms with van der Waals surface area (Å²) in [7, 11) is 0. The zero-order valence-corrected chi connectivity index (χ0v) is 9.54. The Hall–Kier alpha value is -1.22. The molecule has 0 radical (unpaired) electrons. The molecule has 0 heterocycles. The van der Waals surface area contributed by atoms with Crippen molar-refractivity contribution in [2.75, 3.05) is 11.9 Å². The van der Waals surface area contributed by atoms with Crippen molar-refractivity contribution in [3.05, 3.63) is 29.3 Å². The Bertz CT molecular complexity index is 341. The van der Waals surface area contributed by atoms with Crippen molar-refractivity contribution in [3.8, 4) is 0 Å². The molecule has 1 aromatic rings. The molecule has 0 saturated heterocycles. The lowest BCUT2D eigenvalue weighted by atomic mass is 10.2. The summed E-state index contributed by atoms with van der Waals surface area (Å²) in [6, 6.07) is 6.84. The number of halogens is 1. The first kappa shape index (κ1) is 11.9. The fourth-order valence-corrected chi connectivity index (χ4v) is 1.34. The molecule has 0 amide bonds. The number of hydrogen-bond acceptors (Lipinski definition) is 3. The lowest BCUT2D eigenvalue weighted by Gasteiger charge is -2.13. The van der Waals surface area contributed by atoms with E-state index < -0.39 is 0 Å². The highest BCUT2D eigenvalue weighted by Gasteiger charge is 2.12. The first-order valence-corrected chi connectivity index (χ1v) is 5.20. The third-order valence-corrected chi connectivity index (χ3v) is 2.08. The van der Waals surface area contributed by atoms with E-state index in [-0.39, 0.29) is 12.0 Å². The second kappa shape index (κ2) is 5.61. The maximum Gasteiger partial charge on any atom is 0.328 e. The molecule has 1 atom stereocenters. The minimum atomic E-state index is -0.372. The van der Waals surface area contributed by atoms with Crippen molar-refractivity contribution in [2.45, 2.75) is 19.9 Å². The van der Waals surface area contributed by atoms with E-state index >= 15 is 0 Å². The molecule has 1 N–H and O–H groups in total. The summed E-state index contributed by atoms with van der Waals surface area (Å²) in [6.45, 7) is 3.92. The Morgan fingerprint density at radius 1 is 1.60 bits per heavy atom. The average molecular weight is 228 g/mol. The minimum absolute atomic E-state index is 0.266. The fourth-order valence-electron chi connectivity index (χ4n) is 1.15. The molecule has 0 aromatic heterocycles. The van der Waals surface area contributed by atoms with Crippen LogP contribution in [0.25, 0.3) is 0 Å². The highest BCUT2D eigenvalue weighted by molar-refractivity contribution is 6.30. The third kappa shape index (κ3) is 3.80. The number of benzene rings is 1. The van der Waals surface area contributed by atoms with Crippen molar-refractivity contribution >= 4 is 23.3 Å². The smallest absolute Gasteiger partial charge is 0.328 e. The van der Waals surface area contributed by atoms with Gasteiger partial charge in [-0.3, -0.25) is 0 Å². The second-order valence-corrected chi connectivity index (χ2v) is 3.56. The minimum Gasteiger partial charge on any atom is -0.464 e. The Labute approximate surface area is 94.4 Å². The van der Waals surface area contributed by atoms with Gasteiger partial charge in [0.2, 0.25) is 0 Å². The van der Waals surface area contributed by atoms with E-state index in [1.807, 2.05) is 12.1 Å². The molecule has 0 aliphatic heterocycles. The Morgan fingerprint density at radius 3 is 2.93 bits per heavy atom. The maximum absolute atomic E-state index is 11.3. The summed E-state index contributed by atoms with van der Waals surface area (Å²) in [5.41, 5.74) is 0.808. The number of carbonyl (C=O) groups is 1. The lowest BCUT2D eigenvalue weighted by molar-refractivity contribution is -0.143. The quantitative estimate of drug-likeness (QED) is 0.804. The van der Waals surface area contributed by atoms with Crippen LogP contribution in [0.3, 0.4) is 0 Å². The molecule has 1 unspecified atom stereocenters. The topological polar surface area (TPSA) is 38.3 Å². The van der Waals surface area contributed by atoms with Crippen LogP contribution in [0.5, 0.6) is 0 Å². The van der Waals surface area contributed by atoms with Gasteiger partial charge in [-0.2, -0.15) is 0 Å². The van der Waals surface area contributed by atoms with Gasteiger partial charge in [0.25, 0.3) is 0 Å². The molecule has 4 heteroatoms. The van der Waals surface area contributed by atoms with Crippen molar-refractivity contribution in [2.24, 2.45) is 0 Å². The van der Waals surface area contributed by atoms with Gasteiger partial charge >= 0.3 is 5.97 Å². The predicted molar refractivity (Wildman–Crippen MR) is 61.2 cm³/mol. The molecule has 0 bridgehead atoms. The van der Waals surface area contributed by atoms with Crippen LogP contribution in [0.1, 0.15) is 13.8 Å². The van der Waals surface area contributed by atoms with E-state index in [4.69, 9.17) is 16.3 Å². The molecule has 0 fully saturated rings. The molecular formula is C11H14ClNO2. The van der Waals surface area contributed by atoms with E-state index in [0.717, 1.165) is 5.69 Å². The third-order valence-electron chi connectivity index (χ3n) is 1.85. The van der Waals surface area contributed by atoms with E-state index in [9.17, 15) is 4.79 Å². The molecule has 15 heavy (non-hydrogen) atoms. The van der Waals surface area contributed by atoms with Crippen LogP contribution in [-0.4, -0.2) is 18.6 Å². The van der Waals surface area contributed by atoms with Gasteiger partial charge in [-0.25, -0.2) is 4.79 Å². The van der Waals surface area contributed by atoms with Crippen LogP contribution >= 0.6 is 11.6 Å². The van der Waals surface area contributed by atoms with Crippen molar-refractivity contribution in [3.63, 3.8) is 0 Å². The first-order valence-electron chi connectivity index (χ1n) is 4.82. The van der Waals surface area contributed by atoms with E-state index in [1.165, 1.54) is 0 Å². The molecule has 1 aromatic carbocycles. The van der Waals surface area contributed by atoms with Gasteiger partial charge in [0.15, 0.2) is 0 Å². The van der Waals surface area contributed by atoms with Crippen LogP contribution in [0.15, 0.2) is 24.3 Å². The van der Waals surface area contributed by atoms with Crippen LogP contribution in [-0.2, 0) is 9.53 Å². The Kier molecular flexibility index (Phi) is 4.43. The zero-order chi connectivity index (χ0) is 11.3. The van der Waals surface area contributed by atoms with Crippen LogP contribution < -0.4 is 5.32 Å². The van der Waals surface area contributed by atoms with Gasteiger partial charge in [0.05, 0.1) is 6.61 Å². The van der Waals surface area contributed by atoms with Crippen molar-refractivity contribution < 1.29 is 9.53 Å². The number of esters is 1. The molecule has 0 aliphatic rings. The Balaban J connectivity index is 2.58. The van der Waals surface area contributed by atoms with E-state index in [2.05, 4.69) is 5.32 Å². The summed E-state index contributed by atoms with van der Waals surface area (Å²) in [5, 5.41) is 3.64. The highest BCUT2D eigenvalue weighted by atomic mass is 35.5. The van der Waals surface area contributed by atoms with E-state index in [0.29, 0.717) is 11.6 Å². The monoisotopic (exact) mass is 227 g/mol. The van der Waals surface area contributed by atoms with Gasteiger partial charge in [-0.15, -0.1) is 0 Å². The van der Waals surface area contributed by atoms with Crippen LogP contribution in [0.2, 0.25) is 5.02 Å². The largest absolute Gasteiger partial charge is 0.464 e. The summed E-state index contributed by atoms with van der Waals surface area (Å²) >= 11 is 5.81. The van der Waals surface area contributed by atoms with Gasteiger partial charge < -0.3 is 10.1 Å². The summed E-state index contributed by atoms with van der Waals surface area (Å²) in [6.07, 6.45) is 0. The number of anilines is 1. The summed E-state index contributed by atoms with van der Waals surface area (Å²) < 4.78 is 4.87. The van der Waals surface area contributed by atoms with Crippen molar-refractivity contribution in [1.82, 2.24) is 0 Å². The molecule has 82 valence electrons. The molecule has 0 saturated carbocycles. The van der Waals surface area contributed by atoms with E-state index in [1.54, 1.807) is 26.0 Å². The fraction of sp³-hybridized carbons (Fsp3) is 0.364. The normalized spacial score (nSPS) is 11.9. The molecule has 3 nitrogen and oxygen atoms in total. The first-order chi connectivity index (χ1) is 7.13. The second-order valence-electron chi connectivity index (χ2n) is 3.13. The molecule has 1 rings (SSSR count). The lowest BCUT2D eigenvalue weighted by Crippen LogP contribution is -2.28. The average Bonchev–Trinajstić information content (AvgIpc) is 2.18. The molecule has 0 aliphatic carbocycles. The summed E-state index contributed by atoms with van der Waals surface area (Å²) in [5.74, 6) is -0.266. The molecular weight excluding hydrogens is 214 g/mol. The van der Waals surface area contributed by atoms with Gasteiger partial charge in [0.1, 0.15) is 6.04 Å². The standard InChI is InChI=1S/C11H14ClNO2/c1-3-15-11(14)8(2)13-10-6-4-5-9(12)7-10/h4-8,13H,3H2,1-2H3. The number of carbonyl (C=O) groups excluding carboxylic acids is 1. The maximum atomic E-state index is 11.3. The number of ether oxygens (including phenoxy) is 1. The van der Waals surface area contributed by atoms with Crippen LogP contribution in [0, 0.1) is 0 Å². The molecule has 0 spiro atoms. The zero-order valence-electron chi connectivity index (χ0n) is 8.79. The predicted octanol–water partition coefficient (Wildman–Crippen LogP) is 2.70. The number of hydrogen-bond donors (Lipinski definition) is 1. The Morgan fingerprint density at radius 2 is 2.33 bits per heavy atom. The van der Waals surface area contributed by atoms with Gasteiger partial charge in [-0.05, 0) is 32.0 Å². The van der Waals surface area contributed by atoms with Crippen molar-refractivity contribution in [1.29, 1.82) is 0 Å². The highest BCUT2D eigenvalue weighted by Crippen LogP contribution is 2.15. The summed E-state index contributed by atoms with van der Waals surface area (Å²) in [4.78, 5) is 11.3. The number of nitrogens with one attached hydrogen (secondary N) is 1. The van der Waals surface area contributed by atoms with Gasteiger partial charge in [0, 0.05) is 10.7 Å². The number of rotatable bonds is 4. The SMILES string of the molecule is CCOC(=O)C(C)Nc1cccc(Cl)c1. The van der Waals surface area contributed by atoms with Crippen LogP contribution in [0.4, 0.5) is 5.69 Å². The van der Waals surface area contributed by atoms with Gasteiger partial charge in [-0.1, -0.05) is 17.7 Å².